The summed E-state index contributed by atoms with van der Waals surface area (Å²) in [6, 6.07) is 10.5. The Morgan fingerprint density at radius 1 is 1.05 bits per heavy atom. The predicted octanol–water partition coefficient (Wildman–Crippen LogP) is 2.95. The number of nitrogens with zero attached hydrogens (tertiary/aromatic N) is 3. The van der Waals surface area contributed by atoms with Crippen molar-refractivity contribution in [1.82, 2.24) is 14.5 Å². The molecule has 5 rings (SSSR count). The van der Waals surface area contributed by atoms with Crippen LogP contribution in [0.25, 0.3) is 5.76 Å². The maximum Gasteiger partial charge on any atom is 0.337 e. The number of likely N-dealkylation sites (tertiary alicyclic amines) is 1. The number of methoxy groups -OCH3 is 1. The van der Waals surface area contributed by atoms with Crippen molar-refractivity contribution in [2.45, 2.75) is 19.0 Å². The summed E-state index contributed by atoms with van der Waals surface area (Å²) in [6.45, 7) is 1.65. The van der Waals surface area contributed by atoms with Gasteiger partial charge in [-0.3, -0.25) is 9.59 Å². The van der Waals surface area contributed by atoms with E-state index in [9.17, 15) is 19.5 Å². The molecule has 0 bridgehead atoms. The Morgan fingerprint density at radius 3 is 2.49 bits per heavy atom. The maximum atomic E-state index is 13.3. The number of Topliss-reactive ketones (excluding diaryl/α,β-unsaturated/α-hetero) is 1. The molecule has 10 nitrogen and oxygen atoms in total. The van der Waals surface area contributed by atoms with Crippen molar-refractivity contribution >= 4 is 23.4 Å². The fourth-order valence-electron chi connectivity index (χ4n) is 4.57. The number of carbonyl (C=O) groups excluding carboxylic acids is 3. The van der Waals surface area contributed by atoms with Gasteiger partial charge in [0.05, 0.1) is 30.6 Å². The second-order valence-corrected chi connectivity index (χ2v) is 8.62. The molecule has 1 saturated heterocycles. The minimum atomic E-state index is -0.845. The molecule has 2 aromatic carbocycles. The van der Waals surface area contributed by atoms with Crippen LogP contribution in [0.4, 0.5) is 0 Å². The number of aliphatic hydroxyl groups is 1. The molecule has 3 heterocycles. The van der Waals surface area contributed by atoms with Gasteiger partial charge < -0.3 is 28.8 Å². The number of amides is 1. The third kappa shape index (κ3) is 4.65. The monoisotopic (exact) mass is 503 g/mol. The molecule has 37 heavy (non-hydrogen) atoms. The highest BCUT2D eigenvalue weighted by molar-refractivity contribution is 6.46. The lowest BCUT2D eigenvalue weighted by Gasteiger charge is -2.25. The van der Waals surface area contributed by atoms with Crippen LogP contribution >= 0.6 is 0 Å². The van der Waals surface area contributed by atoms with Gasteiger partial charge in [0.2, 0.25) is 0 Å². The van der Waals surface area contributed by atoms with Crippen LogP contribution in [0.5, 0.6) is 11.5 Å². The van der Waals surface area contributed by atoms with Gasteiger partial charge in [0.1, 0.15) is 19.0 Å². The van der Waals surface area contributed by atoms with E-state index in [0.717, 1.165) is 0 Å². The Bertz CT molecular complexity index is 1360. The van der Waals surface area contributed by atoms with E-state index in [1.165, 1.54) is 12.0 Å². The third-order valence-corrected chi connectivity index (χ3v) is 6.38. The van der Waals surface area contributed by atoms with Gasteiger partial charge in [-0.05, 0) is 42.3 Å². The van der Waals surface area contributed by atoms with Crippen molar-refractivity contribution in [2.75, 3.05) is 26.9 Å². The summed E-state index contributed by atoms with van der Waals surface area (Å²) in [4.78, 5) is 43.8. The summed E-state index contributed by atoms with van der Waals surface area (Å²) in [5.74, 6) is -1.31. The van der Waals surface area contributed by atoms with Crippen molar-refractivity contribution in [3.05, 3.63) is 83.4 Å². The molecule has 1 amide bonds. The average Bonchev–Trinajstić information content (AvgIpc) is 3.54. The number of ether oxygens (including phenoxy) is 3. The lowest BCUT2D eigenvalue weighted by molar-refractivity contribution is -0.139. The van der Waals surface area contributed by atoms with Gasteiger partial charge in [0.15, 0.2) is 11.5 Å². The summed E-state index contributed by atoms with van der Waals surface area (Å²) in [7, 11) is 1.29. The number of esters is 1. The number of hydrogen-bond acceptors (Lipinski definition) is 8. The van der Waals surface area contributed by atoms with Gasteiger partial charge in [-0.15, -0.1) is 0 Å². The van der Waals surface area contributed by atoms with Crippen LogP contribution in [0, 0.1) is 0 Å². The molecule has 3 aromatic rings. The molecule has 0 saturated carbocycles. The van der Waals surface area contributed by atoms with Crippen LogP contribution in [-0.2, 0) is 20.9 Å². The molecule has 2 aliphatic rings. The number of rotatable bonds is 7. The van der Waals surface area contributed by atoms with Crippen LogP contribution in [0.3, 0.4) is 0 Å². The van der Waals surface area contributed by atoms with Crippen LogP contribution in [0.2, 0.25) is 0 Å². The minimum Gasteiger partial charge on any atom is -0.507 e. The topological polar surface area (TPSA) is 120 Å². The highest BCUT2D eigenvalue weighted by Gasteiger charge is 2.45. The number of aryl methyl sites for hydroxylation is 1. The Kier molecular flexibility index (Phi) is 6.63. The van der Waals surface area contributed by atoms with Gasteiger partial charge >= 0.3 is 5.97 Å². The number of benzene rings is 2. The quantitative estimate of drug-likeness (QED) is 0.226. The van der Waals surface area contributed by atoms with Gasteiger partial charge in [-0.1, -0.05) is 12.1 Å². The van der Waals surface area contributed by atoms with Gasteiger partial charge in [-0.25, -0.2) is 9.78 Å². The zero-order valence-electron chi connectivity index (χ0n) is 20.1. The standard InChI is InChI=1S/C27H25N3O7/c1-35-27(34)18-5-3-17(4-6-18)23-22(24(31)19-7-8-20-21(15-19)37-14-13-36-20)25(32)26(33)30(23)11-2-10-29-12-9-28-16-29/h3-9,12,15-16,23,31H,2,10-11,13-14H2,1H3/t23-/m0/s1. The lowest BCUT2D eigenvalue weighted by Crippen LogP contribution is -2.31. The second kappa shape index (κ2) is 10.2. The molecule has 0 unspecified atom stereocenters. The highest BCUT2D eigenvalue weighted by Crippen LogP contribution is 2.41. The van der Waals surface area contributed by atoms with Crippen molar-refractivity contribution in [3.8, 4) is 11.5 Å². The SMILES string of the molecule is COC(=O)c1ccc([C@H]2C(=C(O)c3ccc4c(c3)OCCO4)C(=O)C(=O)N2CCCn2ccnc2)cc1. The van der Waals surface area contributed by atoms with E-state index in [4.69, 9.17) is 14.2 Å². The predicted molar refractivity (Wildman–Crippen MR) is 131 cm³/mol. The second-order valence-electron chi connectivity index (χ2n) is 8.62. The van der Waals surface area contributed by atoms with E-state index >= 15 is 0 Å². The molecule has 2 aliphatic heterocycles. The molecular formula is C27H25N3O7. The fourth-order valence-corrected chi connectivity index (χ4v) is 4.57. The molecule has 0 spiro atoms. The fraction of sp³-hybridized carbons (Fsp3) is 0.259. The van der Waals surface area contributed by atoms with Crippen LogP contribution in [0.15, 0.2) is 66.8 Å². The van der Waals surface area contributed by atoms with Crippen LogP contribution in [-0.4, -0.2) is 64.1 Å². The van der Waals surface area contributed by atoms with Crippen molar-refractivity contribution in [2.24, 2.45) is 0 Å². The Balaban J connectivity index is 1.53. The van der Waals surface area contributed by atoms with E-state index in [1.807, 2.05) is 10.8 Å². The summed E-state index contributed by atoms with van der Waals surface area (Å²) < 4.78 is 17.8. The van der Waals surface area contributed by atoms with E-state index in [-0.39, 0.29) is 17.9 Å². The molecule has 1 aromatic heterocycles. The third-order valence-electron chi connectivity index (χ3n) is 6.38. The smallest absolute Gasteiger partial charge is 0.337 e. The Morgan fingerprint density at radius 2 is 1.78 bits per heavy atom. The number of aromatic nitrogens is 2. The first-order valence-electron chi connectivity index (χ1n) is 11.8. The molecule has 0 aliphatic carbocycles. The molecule has 1 atom stereocenters. The van der Waals surface area contributed by atoms with Gasteiger partial charge in [0, 0.05) is 31.0 Å². The van der Waals surface area contributed by atoms with Crippen LogP contribution in [0.1, 0.15) is 33.9 Å². The summed E-state index contributed by atoms with van der Waals surface area (Å²) in [5.41, 5.74) is 1.20. The van der Waals surface area contributed by atoms with E-state index in [0.29, 0.717) is 54.4 Å². The number of aliphatic hydroxyl groups excluding tert-OH is 1. The molecule has 10 heteroatoms. The zero-order chi connectivity index (χ0) is 25.9. The first-order chi connectivity index (χ1) is 18.0. The first-order valence-corrected chi connectivity index (χ1v) is 11.8. The molecular weight excluding hydrogens is 478 g/mol. The highest BCUT2D eigenvalue weighted by atomic mass is 16.6. The number of imidazole rings is 1. The van der Waals surface area contributed by atoms with E-state index < -0.39 is 23.7 Å². The number of fused-ring (bicyclic) bond motifs is 1. The van der Waals surface area contributed by atoms with Crippen molar-refractivity contribution in [1.29, 1.82) is 0 Å². The van der Waals surface area contributed by atoms with Gasteiger partial charge in [-0.2, -0.15) is 0 Å². The average molecular weight is 504 g/mol. The molecule has 190 valence electrons. The summed E-state index contributed by atoms with van der Waals surface area (Å²) >= 11 is 0. The Hall–Kier alpha value is -4.60. The Labute approximate surface area is 212 Å². The normalized spacial score (nSPS) is 18.2. The molecule has 0 radical (unpaired) electrons. The zero-order valence-corrected chi connectivity index (χ0v) is 20.1. The molecule has 1 N–H and O–H groups in total. The summed E-state index contributed by atoms with van der Waals surface area (Å²) in [5, 5.41) is 11.3. The van der Waals surface area contributed by atoms with Gasteiger partial charge in [0.25, 0.3) is 11.7 Å². The largest absolute Gasteiger partial charge is 0.507 e. The number of ketones is 1. The summed E-state index contributed by atoms with van der Waals surface area (Å²) in [6.07, 6.45) is 5.73. The maximum absolute atomic E-state index is 13.3. The van der Waals surface area contributed by atoms with Crippen molar-refractivity contribution < 1.29 is 33.7 Å². The van der Waals surface area contributed by atoms with Crippen molar-refractivity contribution in [3.63, 3.8) is 0 Å². The first kappa shape index (κ1) is 24.1. The number of carbonyl (C=O) groups is 3. The van der Waals surface area contributed by atoms with E-state index in [2.05, 4.69) is 4.98 Å². The van der Waals surface area contributed by atoms with E-state index in [1.54, 1.807) is 55.0 Å². The lowest BCUT2D eigenvalue weighted by atomic mass is 9.94. The number of hydrogen-bond donors (Lipinski definition) is 1. The molecule has 1 fully saturated rings. The minimum absolute atomic E-state index is 0.0323. The van der Waals surface area contributed by atoms with Crippen LogP contribution < -0.4 is 9.47 Å².